The van der Waals surface area contributed by atoms with Gasteiger partial charge in [-0.1, -0.05) is 62.4 Å². The molecule has 0 amide bonds. The van der Waals surface area contributed by atoms with Crippen LogP contribution in [-0.4, -0.2) is 11.4 Å². The van der Waals surface area contributed by atoms with Crippen LogP contribution in [0.2, 0.25) is 0 Å². The Balaban J connectivity index is 1.55. The molecule has 7 rings (SSSR count). The number of benzene rings is 2. The van der Waals surface area contributed by atoms with Crippen molar-refractivity contribution in [3.8, 4) is 0 Å². The summed E-state index contributed by atoms with van der Waals surface area (Å²) in [7, 11) is 0. The summed E-state index contributed by atoms with van der Waals surface area (Å²) in [6.07, 6.45) is 5.13. The SMILES string of the molecule is CC1=C[C@]2(C)[C@@H]([C@H]3[C@]4(C)C(=Nc5ccccc54)C(C)=C[C@]32C)[C@]2(C)C1=Nc1ccccc12. The highest BCUT2D eigenvalue weighted by Gasteiger charge is 2.78. The number of nitrogens with zero attached hydrogens (tertiary/aromatic N) is 2. The maximum atomic E-state index is 5.21. The maximum Gasteiger partial charge on any atom is 0.0675 e. The van der Waals surface area contributed by atoms with Crippen molar-refractivity contribution in [1.82, 2.24) is 0 Å². The van der Waals surface area contributed by atoms with E-state index in [4.69, 9.17) is 9.98 Å². The average molecular weight is 419 g/mol. The van der Waals surface area contributed by atoms with E-state index in [1.165, 1.54) is 33.7 Å². The van der Waals surface area contributed by atoms with E-state index in [1.807, 2.05) is 0 Å². The molecule has 6 atom stereocenters. The predicted molar refractivity (Wildman–Crippen MR) is 132 cm³/mol. The molecule has 0 saturated heterocycles. The standard InChI is InChI=1S/C30H30N2/c1-17-15-27(3)23(29(5)19-11-7-9-13-21(19)31-25(17)29)24-28(27,4)16-18(2)26-30(24,6)20-12-8-10-14-22(20)32-26/h7-16,23-24H,1-6H3/t23-,24-,27-,28-,29-,30-/m1/s1. The highest BCUT2D eigenvalue weighted by atomic mass is 14.9. The summed E-state index contributed by atoms with van der Waals surface area (Å²) < 4.78 is 0. The van der Waals surface area contributed by atoms with E-state index < -0.39 is 0 Å². The largest absolute Gasteiger partial charge is 0.252 e. The van der Waals surface area contributed by atoms with Crippen molar-refractivity contribution < 1.29 is 0 Å². The van der Waals surface area contributed by atoms with Gasteiger partial charge in [0.2, 0.25) is 0 Å². The normalized spacial score (nSPS) is 42.1. The minimum atomic E-state index is -0.0842. The van der Waals surface area contributed by atoms with Gasteiger partial charge in [-0.3, -0.25) is 9.98 Å². The van der Waals surface area contributed by atoms with Crippen molar-refractivity contribution in [3.05, 3.63) is 83.0 Å². The highest BCUT2D eigenvalue weighted by molar-refractivity contribution is 6.16. The van der Waals surface area contributed by atoms with Crippen LogP contribution in [0.3, 0.4) is 0 Å². The first kappa shape index (κ1) is 18.8. The fraction of sp³-hybridized carbons (Fsp3) is 0.400. The van der Waals surface area contributed by atoms with Crippen LogP contribution in [0.1, 0.15) is 52.7 Å². The van der Waals surface area contributed by atoms with Crippen molar-refractivity contribution in [1.29, 1.82) is 0 Å². The van der Waals surface area contributed by atoms with Gasteiger partial charge in [-0.25, -0.2) is 0 Å². The molecule has 160 valence electrons. The zero-order valence-corrected chi connectivity index (χ0v) is 19.8. The van der Waals surface area contributed by atoms with E-state index in [9.17, 15) is 0 Å². The molecule has 3 aliphatic carbocycles. The van der Waals surface area contributed by atoms with Gasteiger partial charge >= 0.3 is 0 Å². The van der Waals surface area contributed by atoms with Crippen LogP contribution in [0, 0.1) is 22.7 Å². The van der Waals surface area contributed by atoms with Crippen LogP contribution in [0.25, 0.3) is 0 Å². The third kappa shape index (κ3) is 1.66. The lowest BCUT2D eigenvalue weighted by atomic mass is 9.26. The first-order chi connectivity index (χ1) is 15.2. The molecule has 2 heterocycles. The van der Waals surface area contributed by atoms with Gasteiger partial charge in [0.15, 0.2) is 0 Å². The van der Waals surface area contributed by atoms with Gasteiger partial charge in [-0.05, 0) is 84.8 Å². The zero-order chi connectivity index (χ0) is 22.3. The fourth-order valence-electron chi connectivity index (χ4n) is 9.03. The van der Waals surface area contributed by atoms with Gasteiger partial charge < -0.3 is 0 Å². The summed E-state index contributed by atoms with van der Waals surface area (Å²) in [6.45, 7) is 14.5. The molecular weight excluding hydrogens is 388 g/mol. The van der Waals surface area contributed by atoms with E-state index in [0.29, 0.717) is 11.8 Å². The van der Waals surface area contributed by atoms with Crippen molar-refractivity contribution >= 4 is 22.8 Å². The Morgan fingerprint density at radius 3 is 1.38 bits per heavy atom. The van der Waals surface area contributed by atoms with E-state index in [1.54, 1.807) is 0 Å². The lowest BCUT2D eigenvalue weighted by Crippen LogP contribution is -2.75. The highest BCUT2D eigenvalue weighted by Crippen LogP contribution is 2.80. The molecule has 1 saturated carbocycles. The van der Waals surface area contributed by atoms with Gasteiger partial charge in [0, 0.05) is 10.8 Å². The third-order valence-electron chi connectivity index (χ3n) is 10.2. The van der Waals surface area contributed by atoms with Crippen LogP contribution >= 0.6 is 0 Å². The Labute approximate surface area is 190 Å². The van der Waals surface area contributed by atoms with Crippen molar-refractivity contribution in [3.63, 3.8) is 0 Å². The molecule has 2 aromatic carbocycles. The summed E-state index contributed by atoms with van der Waals surface area (Å²) in [4.78, 5) is 10.4. The lowest BCUT2D eigenvalue weighted by Gasteiger charge is -2.76. The molecule has 2 aliphatic heterocycles. The molecule has 1 fully saturated rings. The molecule has 0 N–H and O–H groups in total. The summed E-state index contributed by atoms with van der Waals surface area (Å²) in [5, 5.41) is 0. The second-order valence-corrected chi connectivity index (χ2v) is 11.5. The molecule has 0 unspecified atom stereocenters. The molecule has 0 bridgehead atoms. The zero-order valence-electron chi connectivity index (χ0n) is 19.8. The van der Waals surface area contributed by atoms with Gasteiger partial charge in [0.1, 0.15) is 0 Å². The number of hydrogen-bond donors (Lipinski definition) is 0. The monoisotopic (exact) mass is 418 g/mol. The second kappa shape index (κ2) is 5.25. The van der Waals surface area contributed by atoms with Gasteiger partial charge in [-0.15, -0.1) is 0 Å². The summed E-state index contributed by atoms with van der Waals surface area (Å²) in [6, 6.07) is 17.7. The van der Waals surface area contributed by atoms with Crippen LogP contribution in [0.5, 0.6) is 0 Å². The molecule has 0 aromatic heterocycles. The van der Waals surface area contributed by atoms with E-state index in [-0.39, 0.29) is 21.7 Å². The molecule has 0 radical (unpaired) electrons. The smallest absolute Gasteiger partial charge is 0.0675 e. The first-order valence-corrected chi connectivity index (χ1v) is 11.9. The van der Waals surface area contributed by atoms with Gasteiger partial charge in [0.05, 0.1) is 22.8 Å². The average Bonchev–Trinajstić information content (AvgIpc) is 3.24. The minimum absolute atomic E-state index is 0.0697. The van der Waals surface area contributed by atoms with Gasteiger partial charge in [0.25, 0.3) is 0 Å². The predicted octanol–water partition coefficient (Wildman–Crippen LogP) is 7.25. The summed E-state index contributed by atoms with van der Waals surface area (Å²) in [5.41, 5.74) is 10.4. The summed E-state index contributed by atoms with van der Waals surface area (Å²) >= 11 is 0. The second-order valence-electron chi connectivity index (χ2n) is 11.5. The van der Waals surface area contributed by atoms with Crippen LogP contribution < -0.4 is 0 Å². The van der Waals surface area contributed by atoms with Crippen LogP contribution in [-0.2, 0) is 10.8 Å². The Kier molecular flexibility index (Phi) is 3.08. The van der Waals surface area contributed by atoms with E-state index in [0.717, 1.165) is 11.4 Å². The molecular formula is C30H30N2. The number of fused-ring (bicyclic) bond motifs is 12. The van der Waals surface area contributed by atoms with Crippen molar-refractivity contribution in [2.45, 2.75) is 52.4 Å². The minimum Gasteiger partial charge on any atom is -0.252 e. The van der Waals surface area contributed by atoms with Crippen LogP contribution in [0.15, 0.2) is 81.8 Å². The molecule has 32 heavy (non-hydrogen) atoms. The Morgan fingerprint density at radius 2 is 0.969 bits per heavy atom. The van der Waals surface area contributed by atoms with Crippen LogP contribution in [0.4, 0.5) is 11.4 Å². The Morgan fingerprint density at radius 1 is 0.594 bits per heavy atom. The van der Waals surface area contributed by atoms with E-state index >= 15 is 0 Å². The van der Waals surface area contributed by atoms with Crippen molar-refractivity contribution in [2.24, 2.45) is 32.7 Å². The number of para-hydroxylation sites is 2. The molecule has 2 heteroatoms. The molecule has 2 aromatic rings. The third-order valence-corrected chi connectivity index (χ3v) is 10.2. The quantitative estimate of drug-likeness (QED) is 0.430. The molecule has 2 nitrogen and oxygen atoms in total. The van der Waals surface area contributed by atoms with E-state index in [2.05, 4.69) is 102 Å². The Hall–Kier alpha value is -2.74. The molecule has 0 spiro atoms. The lowest BCUT2D eigenvalue weighted by molar-refractivity contribution is -0.171. The number of rotatable bonds is 0. The van der Waals surface area contributed by atoms with Crippen molar-refractivity contribution in [2.75, 3.05) is 0 Å². The number of allylic oxidation sites excluding steroid dienone is 4. The van der Waals surface area contributed by atoms with Gasteiger partial charge in [-0.2, -0.15) is 0 Å². The first-order valence-electron chi connectivity index (χ1n) is 11.9. The Bertz CT molecular complexity index is 1270. The maximum absolute atomic E-state index is 5.21. The summed E-state index contributed by atoms with van der Waals surface area (Å²) in [5.74, 6) is 0.911. The molecule has 5 aliphatic rings. The fourth-order valence-corrected chi connectivity index (χ4v) is 9.03. The number of aliphatic imine (C=N–C) groups is 2. The number of hydrogen-bond acceptors (Lipinski definition) is 2. The topological polar surface area (TPSA) is 24.7 Å².